The van der Waals surface area contributed by atoms with E-state index in [9.17, 15) is 24.3 Å². The van der Waals surface area contributed by atoms with Gasteiger partial charge in [-0.1, -0.05) is 18.2 Å². The summed E-state index contributed by atoms with van der Waals surface area (Å²) in [6.45, 7) is 7.18. The second-order valence-corrected chi connectivity index (χ2v) is 10.4. The third-order valence-electron chi connectivity index (χ3n) is 5.86. The molecule has 1 saturated heterocycles. The summed E-state index contributed by atoms with van der Waals surface area (Å²) in [7, 11) is 0. The molecule has 2 aromatic carbocycles. The molecule has 0 spiro atoms. The van der Waals surface area contributed by atoms with E-state index < -0.39 is 23.5 Å². The Bertz CT molecular complexity index is 1210. The van der Waals surface area contributed by atoms with Crippen LogP contribution in [-0.2, 0) is 36.8 Å². The number of carbonyl (C=O) groups excluding carboxylic acids is 3. The quantitative estimate of drug-likeness (QED) is 0.155. The number of hydrogen-bond donors (Lipinski definition) is 4. The molecule has 3 rings (SSSR count). The highest BCUT2D eigenvalue weighted by molar-refractivity contribution is 6.00. The number of carboxylic acids is 1. The molecule has 1 unspecified atom stereocenters. The van der Waals surface area contributed by atoms with E-state index in [1.165, 1.54) is 6.07 Å². The number of aromatic carboxylic acids is 1. The fourth-order valence-corrected chi connectivity index (χ4v) is 4.04. The highest BCUT2D eigenvalue weighted by atomic mass is 16.6. The van der Waals surface area contributed by atoms with E-state index in [0.717, 1.165) is 5.56 Å². The third-order valence-corrected chi connectivity index (χ3v) is 5.86. The van der Waals surface area contributed by atoms with Crippen molar-refractivity contribution in [3.8, 4) is 5.75 Å². The molecule has 0 bridgehead atoms. The van der Waals surface area contributed by atoms with Crippen molar-refractivity contribution < 1.29 is 38.5 Å². The van der Waals surface area contributed by atoms with Crippen LogP contribution in [0.5, 0.6) is 5.75 Å². The molecule has 1 heterocycles. The Labute approximate surface area is 233 Å². The number of carboxylic acid groups (broad SMARTS) is 1. The Hall–Kier alpha value is -3.96. The number of ether oxygens (including phenoxy) is 3. The molecule has 1 atom stereocenters. The average Bonchev–Trinajstić information content (AvgIpc) is 2.87. The van der Waals surface area contributed by atoms with Gasteiger partial charge in [-0.3, -0.25) is 19.7 Å². The number of piperidine rings is 1. The van der Waals surface area contributed by atoms with Gasteiger partial charge in [0.25, 0.3) is 0 Å². The van der Waals surface area contributed by atoms with Gasteiger partial charge in [-0.2, -0.15) is 0 Å². The van der Waals surface area contributed by atoms with Gasteiger partial charge in [0, 0.05) is 25.2 Å². The van der Waals surface area contributed by atoms with Gasteiger partial charge in [0.15, 0.2) is 0 Å². The van der Waals surface area contributed by atoms with Gasteiger partial charge >= 0.3 is 11.9 Å². The predicted octanol–water partition coefficient (Wildman–Crippen LogP) is 2.67. The standard InChI is InChI=1S/C29H37N3O8/c1-29(2,3)40-26(34)16-19-5-4-6-22(15-19)39-14-13-38-12-11-30-21-8-7-20(23(17-21)28(36)37)18-31-24-9-10-25(33)32-27(24)35/h4-8,15,17,24,30-31H,9-14,16,18H2,1-3H3,(H,36,37)(H,32,33,35). The molecule has 40 heavy (non-hydrogen) atoms. The van der Waals surface area contributed by atoms with Crippen LogP contribution in [0.4, 0.5) is 5.69 Å². The average molecular weight is 556 g/mol. The maximum absolute atomic E-state index is 12.0. The fourth-order valence-electron chi connectivity index (χ4n) is 4.04. The smallest absolute Gasteiger partial charge is 0.336 e. The van der Waals surface area contributed by atoms with Crippen LogP contribution in [0.1, 0.15) is 55.1 Å². The third kappa shape index (κ3) is 10.3. The summed E-state index contributed by atoms with van der Waals surface area (Å²) in [6.07, 6.45) is 0.783. The Balaban J connectivity index is 1.37. The van der Waals surface area contributed by atoms with Gasteiger partial charge in [0.05, 0.1) is 31.2 Å². The summed E-state index contributed by atoms with van der Waals surface area (Å²) in [4.78, 5) is 47.0. The molecule has 216 valence electrons. The lowest BCUT2D eigenvalue weighted by Crippen LogP contribution is -2.50. The van der Waals surface area contributed by atoms with Gasteiger partial charge in [-0.05, 0) is 62.6 Å². The zero-order chi connectivity index (χ0) is 29.1. The van der Waals surface area contributed by atoms with Gasteiger partial charge in [0.1, 0.15) is 18.0 Å². The number of hydrogen-bond acceptors (Lipinski definition) is 9. The first-order valence-corrected chi connectivity index (χ1v) is 13.2. The monoisotopic (exact) mass is 555 g/mol. The van der Waals surface area contributed by atoms with Crippen LogP contribution in [0.2, 0.25) is 0 Å². The van der Waals surface area contributed by atoms with Crippen LogP contribution in [0.15, 0.2) is 42.5 Å². The van der Waals surface area contributed by atoms with Crippen molar-refractivity contribution in [1.82, 2.24) is 10.6 Å². The van der Waals surface area contributed by atoms with Crippen molar-refractivity contribution in [1.29, 1.82) is 0 Å². The molecule has 11 nitrogen and oxygen atoms in total. The van der Waals surface area contributed by atoms with Gasteiger partial charge in [0.2, 0.25) is 11.8 Å². The zero-order valence-corrected chi connectivity index (χ0v) is 23.1. The Morgan fingerprint density at radius 1 is 1.07 bits per heavy atom. The van der Waals surface area contributed by atoms with Gasteiger partial charge in [-0.15, -0.1) is 0 Å². The summed E-state index contributed by atoms with van der Waals surface area (Å²) in [6, 6.07) is 11.7. The summed E-state index contributed by atoms with van der Waals surface area (Å²) in [5.74, 6) is -1.44. The van der Waals surface area contributed by atoms with Crippen molar-refractivity contribution in [2.75, 3.05) is 31.7 Å². The number of anilines is 1. The van der Waals surface area contributed by atoms with Crippen LogP contribution in [0.3, 0.4) is 0 Å². The van der Waals surface area contributed by atoms with Crippen LogP contribution < -0.4 is 20.7 Å². The fraction of sp³-hybridized carbons (Fsp3) is 0.448. The number of amides is 2. The highest BCUT2D eigenvalue weighted by Gasteiger charge is 2.26. The van der Waals surface area contributed by atoms with E-state index in [4.69, 9.17) is 14.2 Å². The molecule has 4 N–H and O–H groups in total. The lowest BCUT2D eigenvalue weighted by Gasteiger charge is -2.22. The number of esters is 1. The SMILES string of the molecule is CC(C)(C)OC(=O)Cc1cccc(OCCOCCNc2ccc(CNC3CCC(=O)NC3=O)c(C(=O)O)c2)c1. The first-order chi connectivity index (χ1) is 19.0. The van der Waals surface area contributed by atoms with Crippen molar-refractivity contribution in [3.05, 3.63) is 59.2 Å². The lowest BCUT2D eigenvalue weighted by atomic mass is 10.0. The van der Waals surface area contributed by atoms with Crippen LogP contribution in [-0.4, -0.2) is 66.9 Å². The molecular formula is C29H37N3O8. The van der Waals surface area contributed by atoms with Crippen molar-refractivity contribution in [2.45, 2.75) is 58.2 Å². The lowest BCUT2D eigenvalue weighted by molar-refractivity contribution is -0.154. The summed E-state index contributed by atoms with van der Waals surface area (Å²) in [5, 5.41) is 18.1. The zero-order valence-electron chi connectivity index (χ0n) is 23.1. The molecule has 0 aromatic heterocycles. The first-order valence-electron chi connectivity index (χ1n) is 13.2. The molecule has 0 saturated carbocycles. The van der Waals surface area contributed by atoms with Gasteiger partial charge < -0.3 is 30.0 Å². The van der Waals surface area contributed by atoms with Crippen molar-refractivity contribution >= 4 is 29.4 Å². The topological polar surface area (TPSA) is 152 Å². The Morgan fingerprint density at radius 3 is 2.60 bits per heavy atom. The number of rotatable bonds is 14. The minimum atomic E-state index is -1.08. The molecule has 1 fully saturated rings. The van der Waals surface area contributed by atoms with E-state index in [-0.39, 0.29) is 36.8 Å². The molecule has 0 radical (unpaired) electrons. The maximum Gasteiger partial charge on any atom is 0.336 e. The van der Waals surface area contributed by atoms with E-state index in [0.29, 0.717) is 49.8 Å². The van der Waals surface area contributed by atoms with Crippen LogP contribution in [0, 0.1) is 0 Å². The highest BCUT2D eigenvalue weighted by Crippen LogP contribution is 2.18. The second kappa shape index (κ2) is 14.4. The molecule has 2 amide bonds. The van der Waals surface area contributed by atoms with Crippen molar-refractivity contribution in [3.63, 3.8) is 0 Å². The summed E-state index contributed by atoms with van der Waals surface area (Å²) in [5.41, 5.74) is 1.55. The predicted molar refractivity (Wildman–Crippen MR) is 147 cm³/mol. The van der Waals surface area contributed by atoms with E-state index >= 15 is 0 Å². The molecule has 11 heteroatoms. The van der Waals surface area contributed by atoms with Gasteiger partial charge in [-0.25, -0.2) is 4.79 Å². The number of benzene rings is 2. The molecule has 1 aliphatic heterocycles. The van der Waals surface area contributed by atoms with Crippen LogP contribution in [0.25, 0.3) is 0 Å². The largest absolute Gasteiger partial charge is 0.491 e. The van der Waals surface area contributed by atoms with E-state index in [1.807, 2.05) is 39.0 Å². The van der Waals surface area contributed by atoms with E-state index in [1.54, 1.807) is 18.2 Å². The Morgan fingerprint density at radius 2 is 1.88 bits per heavy atom. The summed E-state index contributed by atoms with van der Waals surface area (Å²) < 4.78 is 16.7. The number of imide groups is 1. The Kier molecular flexibility index (Phi) is 11.0. The minimum absolute atomic E-state index is 0.119. The summed E-state index contributed by atoms with van der Waals surface area (Å²) >= 11 is 0. The van der Waals surface area contributed by atoms with Crippen LogP contribution >= 0.6 is 0 Å². The molecule has 1 aliphatic rings. The minimum Gasteiger partial charge on any atom is -0.491 e. The number of nitrogens with one attached hydrogen (secondary N) is 3. The number of carbonyl (C=O) groups is 4. The van der Waals surface area contributed by atoms with E-state index in [2.05, 4.69) is 16.0 Å². The van der Waals surface area contributed by atoms with Crippen molar-refractivity contribution in [2.24, 2.45) is 0 Å². The first kappa shape index (κ1) is 30.6. The molecular weight excluding hydrogens is 518 g/mol. The second-order valence-electron chi connectivity index (χ2n) is 10.4. The molecule has 0 aliphatic carbocycles. The normalized spacial score (nSPS) is 15.3. The molecule has 2 aromatic rings. The maximum atomic E-state index is 12.0.